The van der Waals surface area contributed by atoms with Gasteiger partial charge in [0.2, 0.25) is 0 Å². The molecular weight excluding hydrogens is 477 g/mol. The first-order valence-electron chi connectivity index (χ1n) is 8.97. The van der Waals surface area contributed by atoms with Gasteiger partial charge in [0.1, 0.15) is 12.4 Å². The molecule has 1 aromatic heterocycles. The van der Waals surface area contributed by atoms with Crippen LogP contribution in [0.15, 0.2) is 29.3 Å². The highest BCUT2D eigenvalue weighted by molar-refractivity contribution is 14.0. The third-order valence-electron chi connectivity index (χ3n) is 4.66. The predicted octanol–water partition coefficient (Wildman–Crippen LogP) is 2.68. The number of rotatable bonds is 4. The van der Waals surface area contributed by atoms with Gasteiger partial charge in [-0.2, -0.15) is 0 Å². The largest absolute Gasteiger partial charge is 0.367 e. The predicted molar refractivity (Wildman–Crippen MR) is 121 cm³/mol. The van der Waals surface area contributed by atoms with Gasteiger partial charge in [-0.1, -0.05) is 23.7 Å². The van der Waals surface area contributed by atoms with Crippen LogP contribution in [0.4, 0.5) is 5.69 Å². The second-order valence-electron chi connectivity index (χ2n) is 6.32. The SMILES string of the molecule is CCNC(=NCc1nnc(C)n1C)N1CCN(c2ccccc2Cl)CC1.I. The molecule has 0 saturated carbocycles. The van der Waals surface area contributed by atoms with Crippen LogP contribution in [-0.4, -0.2) is 58.3 Å². The van der Waals surface area contributed by atoms with Gasteiger partial charge < -0.3 is 19.7 Å². The summed E-state index contributed by atoms with van der Waals surface area (Å²) in [7, 11) is 1.97. The van der Waals surface area contributed by atoms with Gasteiger partial charge >= 0.3 is 0 Å². The lowest BCUT2D eigenvalue weighted by atomic mass is 10.2. The Balaban J connectivity index is 0.00000261. The molecule has 0 atom stereocenters. The van der Waals surface area contributed by atoms with Crippen molar-refractivity contribution in [1.82, 2.24) is 25.0 Å². The van der Waals surface area contributed by atoms with Crippen LogP contribution in [0.3, 0.4) is 0 Å². The Morgan fingerprint density at radius 1 is 1.19 bits per heavy atom. The summed E-state index contributed by atoms with van der Waals surface area (Å²) in [6.07, 6.45) is 0. The number of nitrogens with zero attached hydrogens (tertiary/aromatic N) is 6. The van der Waals surface area contributed by atoms with E-state index in [-0.39, 0.29) is 24.0 Å². The topological polar surface area (TPSA) is 61.6 Å². The number of aromatic nitrogens is 3. The normalized spacial score (nSPS) is 14.9. The summed E-state index contributed by atoms with van der Waals surface area (Å²) in [6.45, 7) is 9.01. The van der Waals surface area contributed by atoms with Crippen LogP contribution in [0.2, 0.25) is 5.02 Å². The molecule has 0 aliphatic carbocycles. The Kier molecular flexibility index (Phi) is 8.15. The lowest BCUT2D eigenvalue weighted by Crippen LogP contribution is -2.52. The molecule has 0 bridgehead atoms. The van der Waals surface area contributed by atoms with E-state index in [2.05, 4.69) is 38.3 Å². The van der Waals surface area contributed by atoms with Gasteiger partial charge in [0.15, 0.2) is 11.8 Å². The van der Waals surface area contributed by atoms with Crippen molar-refractivity contribution >= 4 is 47.2 Å². The molecule has 0 spiro atoms. The van der Waals surface area contributed by atoms with Crippen LogP contribution < -0.4 is 10.2 Å². The summed E-state index contributed by atoms with van der Waals surface area (Å²) < 4.78 is 1.97. The Morgan fingerprint density at radius 2 is 1.89 bits per heavy atom. The first-order chi connectivity index (χ1) is 12.6. The highest BCUT2D eigenvalue weighted by Gasteiger charge is 2.21. The number of para-hydroxylation sites is 1. The standard InChI is InChI=1S/C18H26ClN7.HI/c1-4-20-18(21-13-17-23-22-14(2)24(17)3)26-11-9-25(10-12-26)16-8-6-5-7-15(16)19;/h5-8H,4,9-13H2,1-3H3,(H,20,21);1H. The minimum atomic E-state index is 0. The van der Waals surface area contributed by atoms with Crippen LogP contribution in [0, 0.1) is 6.92 Å². The van der Waals surface area contributed by atoms with Crippen molar-refractivity contribution in [3.63, 3.8) is 0 Å². The first kappa shape index (κ1) is 21.7. The smallest absolute Gasteiger partial charge is 0.194 e. The van der Waals surface area contributed by atoms with Crippen LogP contribution in [-0.2, 0) is 13.6 Å². The molecule has 0 amide bonds. The lowest BCUT2D eigenvalue weighted by Gasteiger charge is -2.38. The van der Waals surface area contributed by atoms with Crippen molar-refractivity contribution in [1.29, 1.82) is 0 Å². The molecule has 0 unspecified atom stereocenters. The van der Waals surface area contributed by atoms with E-state index < -0.39 is 0 Å². The fourth-order valence-electron chi connectivity index (χ4n) is 3.03. The van der Waals surface area contributed by atoms with E-state index in [0.29, 0.717) is 6.54 Å². The maximum Gasteiger partial charge on any atom is 0.194 e. The summed E-state index contributed by atoms with van der Waals surface area (Å²) in [5, 5.41) is 12.5. The van der Waals surface area contributed by atoms with Gasteiger partial charge in [-0.05, 0) is 26.0 Å². The number of hydrogen-bond donors (Lipinski definition) is 1. The molecule has 148 valence electrons. The number of aryl methyl sites for hydroxylation is 1. The first-order valence-corrected chi connectivity index (χ1v) is 9.35. The Bertz CT molecular complexity index is 769. The number of guanidine groups is 1. The zero-order valence-corrected chi connectivity index (χ0v) is 19.1. The highest BCUT2D eigenvalue weighted by Crippen LogP contribution is 2.26. The van der Waals surface area contributed by atoms with E-state index in [1.54, 1.807) is 0 Å². The number of nitrogens with one attached hydrogen (secondary N) is 1. The van der Waals surface area contributed by atoms with Gasteiger partial charge in [-0.3, -0.25) is 0 Å². The molecule has 2 aromatic rings. The number of aliphatic imine (C=N–C) groups is 1. The molecule has 1 aliphatic heterocycles. The maximum atomic E-state index is 6.33. The fraction of sp³-hybridized carbons (Fsp3) is 0.500. The van der Waals surface area contributed by atoms with E-state index >= 15 is 0 Å². The van der Waals surface area contributed by atoms with E-state index in [0.717, 1.165) is 61.0 Å². The van der Waals surface area contributed by atoms with Gasteiger partial charge in [0.05, 0.1) is 10.7 Å². The van der Waals surface area contributed by atoms with Gasteiger partial charge in [0.25, 0.3) is 0 Å². The summed E-state index contributed by atoms with van der Waals surface area (Å²) in [5.74, 6) is 2.69. The molecule has 27 heavy (non-hydrogen) atoms. The van der Waals surface area contributed by atoms with Gasteiger partial charge in [0, 0.05) is 39.8 Å². The molecule has 0 radical (unpaired) electrons. The second-order valence-corrected chi connectivity index (χ2v) is 6.73. The Labute approximate surface area is 182 Å². The van der Waals surface area contributed by atoms with Crippen LogP contribution >= 0.6 is 35.6 Å². The molecule has 9 heteroatoms. The minimum Gasteiger partial charge on any atom is -0.367 e. The molecule has 3 rings (SSSR count). The number of piperazine rings is 1. The number of halogens is 2. The average molecular weight is 504 g/mol. The zero-order valence-electron chi connectivity index (χ0n) is 16.0. The average Bonchev–Trinajstić information content (AvgIpc) is 2.98. The van der Waals surface area contributed by atoms with Crippen molar-refractivity contribution in [3.05, 3.63) is 40.9 Å². The minimum absolute atomic E-state index is 0. The van der Waals surface area contributed by atoms with Crippen molar-refractivity contribution in [3.8, 4) is 0 Å². The van der Waals surface area contributed by atoms with Gasteiger partial charge in [-0.25, -0.2) is 4.99 Å². The van der Waals surface area contributed by atoms with E-state index in [1.165, 1.54) is 0 Å². The molecule has 1 aliphatic rings. The quantitative estimate of drug-likeness (QED) is 0.395. The molecule has 1 fully saturated rings. The highest BCUT2D eigenvalue weighted by atomic mass is 127. The van der Waals surface area contributed by atoms with Crippen molar-refractivity contribution < 1.29 is 0 Å². The van der Waals surface area contributed by atoms with Crippen LogP contribution in [0.25, 0.3) is 0 Å². The number of benzene rings is 1. The fourth-order valence-corrected chi connectivity index (χ4v) is 3.28. The van der Waals surface area contributed by atoms with Crippen molar-refractivity contribution in [2.75, 3.05) is 37.6 Å². The van der Waals surface area contributed by atoms with Crippen LogP contribution in [0.1, 0.15) is 18.6 Å². The monoisotopic (exact) mass is 503 g/mol. The Morgan fingerprint density at radius 3 is 2.48 bits per heavy atom. The molecule has 1 aromatic carbocycles. The van der Waals surface area contributed by atoms with E-state index in [1.807, 2.05) is 36.7 Å². The van der Waals surface area contributed by atoms with E-state index in [9.17, 15) is 0 Å². The molecule has 1 saturated heterocycles. The van der Waals surface area contributed by atoms with Gasteiger partial charge in [-0.15, -0.1) is 34.2 Å². The van der Waals surface area contributed by atoms with E-state index in [4.69, 9.17) is 16.6 Å². The zero-order chi connectivity index (χ0) is 18.5. The maximum absolute atomic E-state index is 6.33. The lowest BCUT2D eigenvalue weighted by molar-refractivity contribution is 0.372. The molecular formula is C18H27ClIN7. The summed E-state index contributed by atoms with van der Waals surface area (Å²) in [6, 6.07) is 8.01. The molecule has 1 N–H and O–H groups in total. The third kappa shape index (κ3) is 5.25. The summed E-state index contributed by atoms with van der Waals surface area (Å²) >= 11 is 6.33. The van der Waals surface area contributed by atoms with Crippen LogP contribution in [0.5, 0.6) is 0 Å². The molecule has 2 heterocycles. The Hall–Kier alpha value is -1.55. The number of hydrogen-bond acceptors (Lipinski definition) is 4. The summed E-state index contributed by atoms with van der Waals surface area (Å²) in [4.78, 5) is 9.38. The summed E-state index contributed by atoms with van der Waals surface area (Å²) in [5.41, 5.74) is 1.10. The third-order valence-corrected chi connectivity index (χ3v) is 4.98. The van der Waals surface area contributed by atoms with Crippen molar-refractivity contribution in [2.45, 2.75) is 20.4 Å². The van der Waals surface area contributed by atoms with Crippen molar-refractivity contribution in [2.24, 2.45) is 12.0 Å². The number of anilines is 1. The molecule has 7 nitrogen and oxygen atoms in total. The second kappa shape index (κ2) is 10.1.